The van der Waals surface area contributed by atoms with Crippen LogP contribution >= 0.6 is 0 Å². The molecule has 2 aliphatic rings. The van der Waals surface area contributed by atoms with Gasteiger partial charge in [-0.05, 0) is 0 Å². The zero-order valence-electron chi connectivity index (χ0n) is 21.8. The van der Waals surface area contributed by atoms with Crippen molar-refractivity contribution in [1.82, 2.24) is 0 Å². The lowest BCUT2D eigenvalue weighted by molar-refractivity contribution is -0.368. The van der Waals surface area contributed by atoms with Crippen LogP contribution in [0.25, 0.3) is 0 Å². The maximum atomic E-state index is 10.8. The van der Waals surface area contributed by atoms with Gasteiger partial charge in [0.25, 0.3) is 0 Å². The summed E-state index contributed by atoms with van der Waals surface area (Å²) in [7, 11) is 0. The van der Waals surface area contributed by atoms with Crippen LogP contribution in [0.2, 0.25) is 0 Å². The Morgan fingerprint density at radius 2 is 0.947 bits per heavy atom. The molecule has 0 aromatic carbocycles. The van der Waals surface area contributed by atoms with Gasteiger partial charge in [0.2, 0.25) is 0 Å². The second-order valence-corrected chi connectivity index (χ2v) is 8.51. The van der Waals surface area contributed by atoms with Crippen LogP contribution in [0.4, 0.5) is 0 Å². The van der Waals surface area contributed by atoms with Crippen molar-refractivity contribution in [3.63, 3.8) is 0 Å². The number of hydrogen-bond donors (Lipinski definition) is 3. The molecule has 2 saturated heterocycles. The molecule has 11 heteroatoms. The minimum Gasteiger partial charge on any atom is -0.394 e. The van der Waals surface area contributed by atoms with E-state index in [-0.39, 0.29) is 33.0 Å². The monoisotopic (exact) mass is 542 g/mol. The number of aliphatic hydroxyl groups excluding tert-OH is 3. The summed E-state index contributed by atoms with van der Waals surface area (Å²) in [5, 5.41) is 30.9. The second-order valence-electron chi connectivity index (χ2n) is 8.51. The molecule has 2 aliphatic heterocycles. The van der Waals surface area contributed by atoms with Gasteiger partial charge in [0.15, 0.2) is 12.6 Å². The van der Waals surface area contributed by atoms with Gasteiger partial charge in [-0.1, -0.05) is 30.4 Å². The predicted molar refractivity (Wildman–Crippen MR) is 138 cm³/mol. The van der Waals surface area contributed by atoms with Crippen molar-refractivity contribution in [3.8, 4) is 0 Å². The van der Waals surface area contributed by atoms with E-state index in [4.69, 9.17) is 37.9 Å². The molecule has 0 bridgehead atoms. The third-order valence-corrected chi connectivity index (χ3v) is 5.87. The summed E-state index contributed by atoms with van der Waals surface area (Å²) >= 11 is 0. The van der Waals surface area contributed by atoms with Crippen molar-refractivity contribution >= 4 is 0 Å². The highest BCUT2D eigenvalue weighted by molar-refractivity contribution is 4.97. The SMILES string of the molecule is C=CCOC1O[C@H](CO)[C@@H](O[C@@H]2O[C@H](CO)[C@H](O)[C@H](OCC=C)[C@H]2OCC=C)[C@H](OCC=C)[C@H]1OCC=C. The average molecular weight is 543 g/mol. The van der Waals surface area contributed by atoms with Crippen LogP contribution in [0.15, 0.2) is 63.3 Å². The summed E-state index contributed by atoms with van der Waals surface area (Å²) < 4.78 is 47.8. The van der Waals surface area contributed by atoms with Crippen LogP contribution in [0.3, 0.4) is 0 Å². The van der Waals surface area contributed by atoms with E-state index in [0.717, 1.165) is 0 Å². The van der Waals surface area contributed by atoms with Gasteiger partial charge in [0.1, 0.15) is 48.8 Å². The zero-order chi connectivity index (χ0) is 27.9. The molecule has 1 unspecified atom stereocenters. The number of aliphatic hydroxyl groups is 3. The molecule has 0 radical (unpaired) electrons. The Hall–Kier alpha value is -1.74. The molecule has 0 aliphatic carbocycles. The molecule has 11 nitrogen and oxygen atoms in total. The van der Waals surface area contributed by atoms with E-state index in [9.17, 15) is 15.3 Å². The first-order chi connectivity index (χ1) is 18.5. The number of rotatable bonds is 19. The van der Waals surface area contributed by atoms with Crippen LogP contribution in [0.1, 0.15) is 0 Å². The highest BCUT2D eigenvalue weighted by atomic mass is 16.8. The summed E-state index contributed by atoms with van der Waals surface area (Å²) in [4.78, 5) is 0. The first-order valence-electron chi connectivity index (χ1n) is 12.5. The summed E-state index contributed by atoms with van der Waals surface area (Å²) in [6.45, 7) is 18.1. The molecule has 0 amide bonds. The van der Waals surface area contributed by atoms with E-state index >= 15 is 0 Å². The Bertz CT molecular complexity index is 732. The lowest BCUT2D eigenvalue weighted by atomic mass is 9.96. The zero-order valence-corrected chi connectivity index (χ0v) is 21.8. The largest absolute Gasteiger partial charge is 0.394 e. The Kier molecular flexibility index (Phi) is 15.2. The number of hydrogen-bond acceptors (Lipinski definition) is 11. The summed E-state index contributed by atoms with van der Waals surface area (Å²) in [5.74, 6) is 0. The van der Waals surface area contributed by atoms with Crippen molar-refractivity contribution in [2.75, 3.05) is 46.2 Å². The first-order valence-corrected chi connectivity index (χ1v) is 12.5. The Labute approximate surface area is 224 Å². The fourth-order valence-corrected chi connectivity index (χ4v) is 4.24. The van der Waals surface area contributed by atoms with Crippen molar-refractivity contribution in [2.24, 2.45) is 0 Å². The van der Waals surface area contributed by atoms with Gasteiger partial charge in [-0.3, -0.25) is 0 Å². The van der Waals surface area contributed by atoms with Crippen LogP contribution in [-0.4, -0.2) is 123 Å². The van der Waals surface area contributed by atoms with E-state index < -0.39 is 74.6 Å². The fraction of sp³-hybridized carbons (Fsp3) is 0.630. The molecule has 216 valence electrons. The van der Waals surface area contributed by atoms with Gasteiger partial charge < -0.3 is 53.2 Å². The third kappa shape index (κ3) is 8.63. The molecule has 10 atom stereocenters. The molecule has 0 aromatic rings. The second kappa shape index (κ2) is 17.8. The van der Waals surface area contributed by atoms with Crippen molar-refractivity contribution in [2.45, 2.75) is 61.4 Å². The molecule has 38 heavy (non-hydrogen) atoms. The summed E-state index contributed by atoms with van der Waals surface area (Å²) in [6, 6.07) is 0. The summed E-state index contributed by atoms with van der Waals surface area (Å²) in [6.07, 6.45) is -2.03. The van der Waals surface area contributed by atoms with Crippen LogP contribution < -0.4 is 0 Å². The molecule has 0 spiro atoms. The molecule has 2 fully saturated rings. The maximum absolute atomic E-state index is 10.8. The molecule has 3 N–H and O–H groups in total. The quantitative estimate of drug-likeness (QED) is 0.199. The summed E-state index contributed by atoms with van der Waals surface area (Å²) in [5.41, 5.74) is 0. The van der Waals surface area contributed by atoms with E-state index in [1.54, 1.807) is 18.2 Å². The van der Waals surface area contributed by atoms with Crippen LogP contribution in [-0.2, 0) is 37.9 Å². The van der Waals surface area contributed by atoms with Crippen molar-refractivity contribution in [1.29, 1.82) is 0 Å². The normalized spacial score (nSPS) is 35.3. The van der Waals surface area contributed by atoms with Gasteiger partial charge in [-0.25, -0.2) is 0 Å². The highest BCUT2D eigenvalue weighted by Crippen LogP contribution is 2.34. The molecular formula is C27H42O11. The van der Waals surface area contributed by atoms with E-state index in [2.05, 4.69) is 32.9 Å². The molecule has 2 heterocycles. The standard InChI is InChI=1S/C27H42O11/c1-6-11-31-22-20(30)18(16-28)36-27(24(22)33-13-8-3)38-21-19(17-29)37-26(35-15-10-5)25(34-14-9-4)23(21)32-12-7-2/h6-10,18-30H,1-5,11-17H2/t18-,19-,20+,21-,22+,23+,24-,25-,26?,27+/m1/s1. The third-order valence-electron chi connectivity index (χ3n) is 5.87. The van der Waals surface area contributed by atoms with Gasteiger partial charge in [0.05, 0.1) is 46.2 Å². The number of ether oxygens (including phenoxy) is 8. The van der Waals surface area contributed by atoms with Crippen LogP contribution in [0.5, 0.6) is 0 Å². The van der Waals surface area contributed by atoms with Gasteiger partial charge >= 0.3 is 0 Å². The lowest BCUT2D eigenvalue weighted by Gasteiger charge is -2.49. The smallest absolute Gasteiger partial charge is 0.187 e. The molecular weight excluding hydrogens is 500 g/mol. The predicted octanol–water partition coefficient (Wildman–Crippen LogP) is 0.654. The van der Waals surface area contributed by atoms with Gasteiger partial charge in [-0.15, -0.1) is 32.9 Å². The van der Waals surface area contributed by atoms with E-state index in [1.165, 1.54) is 12.2 Å². The minimum atomic E-state index is -1.22. The van der Waals surface area contributed by atoms with Gasteiger partial charge in [-0.2, -0.15) is 0 Å². The lowest BCUT2D eigenvalue weighted by Crippen LogP contribution is -2.66. The topological polar surface area (TPSA) is 135 Å². The fourth-order valence-electron chi connectivity index (χ4n) is 4.24. The minimum absolute atomic E-state index is 0.0991. The van der Waals surface area contributed by atoms with Crippen molar-refractivity contribution in [3.05, 3.63) is 63.3 Å². The first kappa shape index (κ1) is 32.5. The molecule has 2 rings (SSSR count). The Morgan fingerprint density at radius 1 is 0.526 bits per heavy atom. The van der Waals surface area contributed by atoms with Crippen molar-refractivity contribution < 1.29 is 53.2 Å². The van der Waals surface area contributed by atoms with Gasteiger partial charge in [0, 0.05) is 0 Å². The highest BCUT2D eigenvalue weighted by Gasteiger charge is 2.53. The Balaban J connectivity index is 2.44. The van der Waals surface area contributed by atoms with Crippen LogP contribution in [0, 0.1) is 0 Å². The van der Waals surface area contributed by atoms with E-state index in [0.29, 0.717) is 0 Å². The molecule has 0 aromatic heterocycles. The Morgan fingerprint density at radius 3 is 1.45 bits per heavy atom. The van der Waals surface area contributed by atoms with E-state index in [1.807, 2.05) is 0 Å². The average Bonchev–Trinajstić information content (AvgIpc) is 2.93. The molecule has 0 saturated carbocycles. The maximum Gasteiger partial charge on any atom is 0.187 e.